The second kappa shape index (κ2) is 9.38. The second-order valence-corrected chi connectivity index (χ2v) is 8.38. The van der Waals surface area contributed by atoms with E-state index in [1.165, 1.54) is 0 Å². The maximum Gasteiger partial charge on any atom is 0.256 e. The van der Waals surface area contributed by atoms with E-state index >= 15 is 0 Å². The van der Waals surface area contributed by atoms with Crippen LogP contribution in [0.4, 0.5) is 5.69 Å². The van der Waals surface area contributed by atoms with Crippen molar-refractivity contribution in [3.63, 3.8) is 0 Å². The van der Waals surface area contributed by atoms with Gasteiger partial charge in [0.1, 0.15) is 0 Å². The molecule has 0 bridgehead atoms. The molecule has 0 saturated heterocycles. The third-order valence-electron chi connectivity index (χ3n) is 5.07. The highest BCUT2D eigenvalue weighted by Gasteiger charge is 2.16. The molecule has 0 atom stereocenters. The smallest absolute Gasteiger partial charge is 0.256 e. The maximum atomic E-state index is 13.3. The first-order valence-corrected chi connectivity index (χ1v) is 11.4. The van der Waals surface area contributed by atoms with Gasteiger partial charge >= 0.3 is 0 Å². The largest absolute Gasteiger partial charge is 0.322 e. The van der Waals surface area contributed by atoms with Crippen molar-refractivity contribution < 1.29 is 4.79 Å². The van der Waals surface area contributed by atoms with Crippen LogP contribution in [0.5, 0.6) is 0 Å². The molecule has 4 aromatic rings. The number of pyridine rings is 1. The molecule has 1 heterocycles. The first kappa shape index (κ1) is 21.2. The monoisotopic (exact) mass is 444 g/mol. The van der Waals surface area contributed by atoms with Crippen LogP contribution in [0.15, 0.2) is 90.0 Å². The summed E-state index contributed by atoms with van der Waals surface area (Å²) in [6, 6.07) is 25.1. The molecule has 0 aliphatic heterocycles. The van der Waals surface area contributed by atoms with Crippen LogP contribution in [0.1, 0.15) is 15.9 Å². The van der Waals surface area contributed by atoms with E-state index in [9.17, 15) is 4.79 Å². The van der Waals surface area contributed by atoms with Gasteiger partial charge in [-0.05, 0) is 78.4 Å². The van der Waals surface area contributed by atoms with Crippen LogP contribution in [-0.4, -0.2) is 17.1 Å². The lowest BCUT2D eigenvalue weighted by atomic mass is 9.95. The van der Waals surface area contributed by atoms with Crippen LogP contribution >= 0.6 is 23.4 Å². The van der Waals surface area contributed by atoms with E-state index in [0.29, 0.717) is 16.3 Å². The van der Waals surface area contributed by atoms with Gasteiger partial charge in [-0.3, -0.25) is 9.78 Å². The van der Waals surface area contributed by atoms with E-state index in [0.717, 1.165) is 32.8 Å². The van der Waals surface area contributed by atoms with Crippen molar-refractivity contribution >= 4 is 35.0 Å². The molecule has 0 aliphatic carbocycles. The van der Waals surface area contributed by atoms with Crippen LogP contribution in [0.3, 0.4) is 0 Å². The summed E-state index contributed by atoms with van der Waals surface area (Å²) >= 11 is 8.04. The molecule has 0 aliphatic rings. The zero-order valence-corrected chi connectivity index (χ0v) is 18.8. The van der Waals surface area contributed by atoms with Crippen LogP contribution in [0, 0.1) is 6.92 Å². The number of benzene rings is 3. The average Bonchev–Trinajstić information content (AvgIpc) is 2.80. The lowest BCUT2D eigenvalue weighted by molar-refractivity contribution is 0.102. The number of thioether (sulfide) groups is 1. The summed E-state index contributed by atoms with van der Waals surface area (Å²) in [6.07, 6.45) is 3.75. The van der Waals surface area contributed by atoms with Gasteiger partial charge in [-0.15, -0.1) is 11.8 Å². The Kier molecular flexibility index (Phi) is 6.40. The molecular formula is C26H21ClN2OS. The summed E-state index contributed by atoms with van der Waals surface area (Å²) in [5.41, 5.74) is 5.92. The molecule has 154 valence electrons. The van der Waals surface area contributed by atoms with Crippen molar-refractivity contribution in [2.75, 3.05) is 11.6 Å². The number of nitrogens with zero attached hydrogens (tertiary/aromatic N) is 1. The van der Waals surface area contributed by atoms with Gasteiger partial charge < -0.3 is 5.32 Å². The average molecular weight is 445 g/mol. The predicted octanol–water partition coefficient (Wildman–Crippen LogP) is 7.35. The highest BCUT2D eigenvalue weighted by Crippen LogP contribution is 2.32. The van der Waals surface area contributed by atoms with Crippen LogP contribution in [-0.2, 0) is 0 Å². The Morgan fingerprint density at radius 3 is 2.45 bits per heavy atom. The molecule has 4 rings (SSSR count). The van der Waals surface area contributed by atoms with Gasteiger partial charge in [-0.25, -0.2) is 0 Å². The molecule has 0 spiro atoms. The predicted molar refractivity (Wildman–Crippen MR) is 131 cm³/mol. The van der Waals surface area contributed by atoms with Crippen molar-refractivity contribution in [2.45, 2.75) is 11.8 Å². The molecule has 0 radical (unpaired) electrons. The number of nitrogens with one attached hydrogen (secondary N) is 1. The van der Waals surface area contributed by atoms with Crippen molar-refractivity contribution in [3.05, 3.63) is 101 Å². The van der Waals surface area contributed by atoms with Gasteiger partial charge in [0.05, 0.1) is 10.7 Å². The maximum absolute atomic E-state index is 13.3. The summed E-state index contributed by atoms with van der Waals surface area (Å²) in [7, 11) is 0. The van der Waals surface area contributed by atoms with Crippen molar-refractivity contribution in [1.29, 1.82) is 0 Å². The minimum Gasteiger partial charge on any atom is -0.322 e. The number of rotatable bonds is 5. The number of hydrogen-bond donors (Lipinski definition) is 1. The molecule has 31 heavy (non-hydrogen) atoms. The number of aryl methyl sites for hydroxylation is 1. The second-order valence-electron chi connectivity index (χ2n) is 7.09. The number of aromatic nitrogens is 1. The SMILES string of the molecule is CSc1ccc(C(=O)Nc2ccc(Cl)c(-c3ccccn3)c2)c(-c2ccccc2C)c1. The highest BCUT2D eigenvalue weighted by molar-refractivity contribution is 7.98. The summed E-state index contributed by atoms with van der Waals surface area (Å²) in [4.78, 5) is 18.8. The standard InChI is InChI=1S/C26H21ClN2OS/c1-17-7-3-4-8-20(17)22-16-19(31-2)11-12-21(22)26(30)29-18-10-13-24(27)23(15-18)25-9-5-6-14-28-25/h3-16H,1-2H3,(H,29,30). The molecule has 3 aromatic carbocycles. The van der Waals surface area contributed by atoms with E-state index in [4.69, 9.17) is 11.6 Å². The molecular weight excluding hydrogens is 424 g/mol. The van der Waals surface area contributed by atoms with E-state index in [2.05, 4.69) is 29.4 Å². The molecule has 1 aromatic heterocycles. The Labute approximate surface area is 191 Å². The normalized spacial score (nSPS) is 10.7. The lowest BCUT2D eigenvalue weighted by Crippen LogP contribution is -2.13. The fourth-order valence-corrected chi connectivity index (χ4v) is 4.12. The summed E-state index contributed by atoms with van der Waals surface area (Å²) < 4.78 is 0. The Balaban J connectivity index is 1.71. The first-order valence-electron chi connectivity index (χ1n) is 9.83. The van der Waals surface area contributed by atoms with Crippen LogP contribution in [0.25, 0.3) is 22.4 Å². The number of hydrogen-bond acceptors (Lipinski definition) is 3. The highest BCUT2D eigenvalue weighted by atomic mass is 35.5. The minimum atomic E-state index is -0.166. The molecule has 0 saturated carbocycles. The van der Waals surface area contributed by atoms with Crippen molar-refractivity contribution in [3.8, 4) is 22.4 Å². The third-order valence-corrected chi connectivity index (χ3v) is 6.13. The topological polar surface area (TPSA) is 42.0 Å². The lowest BCUT2D eigenvalue weighted by Gasteiger charge is -2.14. The van der Waals surface area contributed by atoms with Gasteiger partial charge in [0.15, 0.2) is 0 Å². The van der Waals surface area contributed by atoms with Gasteiger partial charge in [-0.1, -0.05) is 41.9 Å². The first-order chi connectivity index (χ1) is 15.1. The van der Waals surface area contributed by atoms with Gasteiger partial charge in [-0.2, -0.15) is 0 Å². The number of carbonyl (C=O) groups is 1. The Hall–Kier alpha value is -3.08. The van der Waals surface area contributed by atoms with Crippen molar-refractivity contribution in [2.24, 2.45) is 0 Å². The van der Waals surface area contributed by atoms with Crippen LogP contribution in [0.2, 0.25) is 5.02 Å². The Morgan fingerprint density at radius 2 is 1.71 bits per heavy atom. The van der Waals surface area contributed by atoms with E-state index in [1.54, 1.807) is 30.1 Å². The van der Waals surface area contributed by atoms with E-state index < -0.39 is 0 Å². The molecule has 1 N–H and O–H groups in total. The van der Waals surface area contributed by atoms with Gasteiger partial charge in [0.2, 0.25) is 0 Å². The number of anilines is 1. The van der Waals surface area contributed by atoms with Gasteiger partial charge in [0, 0.05) is 27.9 Å². The van der Waals surface area contributed by atoms with E-state index in [-0.39, 0.29) is 5.91 Å². The summed E-state index contributed by atoms with van der Waals surface area (Å²) in [6.45, 7) is 2.06. The molecule has 0 fully saturated rings. The fourth-order valence-electron chi connectivity index (χ4n) is 3.47. The Morgan fingerprint density at radius 1 is 0.903 bits per heavy atom. The zero-order chi connectivity index (χ0) is 21.8. The molecule has 1 amide bonds. The summed E-state index contributed by atoms with van der Waals surface area (Å²) in [5.74, 6) is -0.166. The van der Waals surface area contributed by atoms with Crippen molar-refractivity contribution in [1.82, 2.24) is 4.98 Å². The Bertz CT molecular complexity index is 1240. The zero-order valence-electron chi connectivity index (χ0n) is 17.2. The van der Waals surface area contributed by atoms with Crippen LogP contribution < -0.4 is 5.32 Å². The quantitative estimate of drug-likeness (QED) is 0.327. The number of halogens is 1. The number of carbonyl (C=O) groups excluding carboxylic acids is 1. The van der Waals surface area contributed by atoms with E-state index in [1.807, 2.05) is 60.9 Å². The minimum absolute atomic E-state index is 0.166. The summed E-state index contributed by atoms with van der Waals surface area (Å²) in [5, 5.41) is 3.62. The molecule has 5 heteroatoms. The van der Waals surface area contributed by atoms with Gasteiger partial charge in [0.25, 0.3) is 5.91 Å². The third kappa shape index (κ3) is 4.66. The number of amides is 1. The fraction of sp³-hybridized carbons (Fsp3) is 0.0769. The molecule has 3 nitrogen and oxygen atoms in total. The molecule has 0 unspecified atom stereocenters.